The third kappa shape index (κ3) is 9.48. The first-order valence-corrected chi connectivity index (χ1v) is 12.3. The maximum atomic E-state index is 12.4. The summed E-state index contributed by atoms with van der Waals surface area (Å²) < 4.78 is 26.9. The van der Waals surface area contributed by atoms with Crippen molar-refractivity contribution in [1.82, 2.24) is 0 Å². The predicted octanol–water partition coefficient (Wildman–Crippen LogP) is 5.21. The highest BCUT2D eigenvalue weighted by molar-refractivity contribution is 5.91. The first kappa shape index (κ1) is 27.5. The van der Waals surface area contributed by atoms with E-state index in [0.29, 0.717) is 61.0 Å². The summed E-state index contributed by atoms with van der Waals surface area (Å²) in [6.45, 7) is 8.36. The van der Waals surface area contributed by atoms with E-state index in [-0.39, 0.29) is 12.1 Å². The van der Waals surface area contributed by atoms with Gasteiger partial charge in [0.05, 0.1) is 25.4 Å². The van der Waals surface area contributed by atoms with Crippen LogP contribution in [0.1, 0.15) is 48.9 Å². The van der Waals surface area contributed by atoms with Crippen molar-refractivity contribution in [3.05, 3.63) is 78.9 Å². The Labute approximate surface area is 216 Å². The van der Waals surface area contributed by atoms with Crippen molar-refractivity contribution in [2.24, 2.45) is 0 Å². The molecule has 37 heavy (non-hydrogen) atoms. The Balaban J connectivity index is 1.31. The molecule has 8 nitrogen and oxygen atoms in total. The largest absolute Gasteiger partial charge is 0.494 e. The number of unbranched alkanes of at least 4 members (excludes halogenated alkanes) is 2. The van der Waals surface area contributed by atoms with Crippen molar-refractivity contribution in [3.63, 3.8) is 0 Å². The molecule has 1 aliphatic heterocycles. The van der Waals surface area contributed by atoms with Crippen LogP contribution in [0.4, 0.5) is 0 Å². The molecular weight excluding hydrogens is 476 g/mol. The van der Waals surface area contributed by atoms with Crippen molar-refractivity contribution >= 4 is 17.9 Å². The molecule has 1 unspecified atom stereocenters. The number of ether oxygens (including phenoxy) is 5. The van der Waals surface area contributed by atoms with Crippen molar-refractivity contribution < 1.29 is 38.1 Å². The fourth-order valence-corrected chi connectivity index (χ4v) is 3.54. The minimum absolute atomic E-state index is 0.0685. The molecule has 1 heterocycles. The van der Waals surface area contributed by atoms with Crippen LogP contribution in [0.5, 0.6) is 17.2 Å². The highest BCUT2D eigenvalue weighted by Crippen LogP contribution is 2.23. The summed E-state index contributed by atoms with van der Waals surface area (Å²) >= 11 is 0. The number of hydrogen-bond acceptors (Lipinski definition) is 8. The van der Waals surface area contributed by atoms with E-state index in [2.05, 4.69) is 13.2 Å². The molecule has 196 valence electrons. The Morgan fingerprint density at radius 2 is 1.43 bits per heavy atom. The number of hydrogen-bond donors (Lipinski definition) is 0. The number of esters is 3. The van der Waals surface area contributed by atoms with Crippen LogP contribution in [-0.2, 0) is 19.1 Å². The van der Waals surface area contributed by atoms with Crippen molar-refractivity contribution in [2.45, 2.75) is 44.6 Å². The molecule has 1 aliphatic rings. The van der Waals surface area contributed by atoms with E-state index in [1.165, 1.54) is 0 Å². The highest BCUT2D eigenvalue weighted by Gasteiger charge is 2.26. The molecule has 0 aliphatic carbocycles. The molecule has 0 N–H and O–H groups in total. The first-order chi connectivity index (χ1) is 17.9. The Kier molecular flexibility index (Phi) is 10.8. The lowest BCUT2D eigenvalue weighted by Crippen LogP contribution is -2.09. The van der Waals surface area contributed by atoms with Crippen LogP contribution in [0.3, 0.4) is 0 Å². The maximum Gasteiger partial charge on any atom is 0.343 e. The zero-order chi connectivity index (χ0) is 26.5. The molecule has 8 heteroatoms. The molecule has 3 rings (SSSR count). The van der Waals surface area contributed by atoms with Crippen LogP contribution < -0.4 is 14.2 Å². The van der Waals surface area contributed by atoms with Crippen LogP contribution in [0, 0.1) is 0 Å². The van der Waals surface area contributed by atoms with E-state index in [9.17, 15) is 14.4 Å². The van der Waals surface area contributed by atoms with Gasteiger partial charge >= 0.3 is 17.9 Å². The minimum atomic E-state index is -0.470. The maximum absolute atomic E-state index is 12.4. The quantitative estimate of drug-likeness (QED) is 0.140. The molecule has 0 spiro atoms. The van der Waals surface area contributed by atoms with E-state index in [1.807, 2.05) is 0 Å². The smallest absolute Gasteiger partial charge is 0.343 e. The van der Waals surface area contributed by atoms with Crippen molar-refractivity contribution in [1.29, 1.82) is 0 Å². The minimum Gasteiger partial charge on any atom is -0.494 e. The average Bonchev–Trinajstić information content (AvgIpc) is 3.23. The zero-order valence-electron chi connectivity index (χ0n) is 20.8. The Bertz CT molecular complexity index is 1060. The first-order valence-electron chi connectivity index (χ1n) is 12.3. The summed E-state index contributed by atoms with van der Waals surface area (Å²) in [5, 5.41) is 0. The van der Waals surface area contributed by atoms with Crippen molar-refractivity contribution in [2.75, 3.05) is 19.8 Å². The van der Waals surface area contributed by atoms with Gasteiger partial charge in [-0.15, -0.1) is 0 Å². The molecule has 2 aromatic carbocycles. The van der Waals surface area contributed by atoms with Crippen LogP contribution in [0.25, 0.3) is 0 Å². The second-order valence-electron chi connectivity index (χ2n) is 8.49. The van der Waals surface area contributed by atoms with Gasteiger partial charge in [-0.2, -0.15) is 0 Å². The van der Waals surface area contributed by atoms with E-state index in [0.717, 1.165) is 31.8 Å². The van der Waals surface area contributed by atoms with E-state index in [4.69, 9.17) is 23.7 Å². The van der Waals surface area contributed by atoms with Crippen LogP contribution in [0.2, 0.25) is 0 Å². The fraction of sp³-hybridized carbons (Fsp3) is 0.345. The van der Waals surface area contributed by atoms with Gasteiger partial charge in [-0.1, -0.05) is 13.2 Å². The van der Waals surface area contributed by atoms with Gasteiger partial charge in [0.25, 0.3) is 0 Å². The van der Waals surface area contributed by atoms with Gasteiger partial charge in [-0.3, -0.25) is 0 Å². The van der Waals surface area contributed by atoms with E-state index < -0.39 is 11.9 Å². The lowest BCUT2D eigenvalue weighted by atomic mass is 10.1. The predicted molar refractivity (Wildman–Crippen MR) is 137 cm³/mol. The summed E-state index contributed by atoms with van der Waals surface area (Å²) in [4.78, 5) is 34.7. The Morgan fingerprint density at radius 3 is 2.03 bits per heavy atom. The standard InChI is InChI=1S/C29H32O8/c1-3-27(30)35-19-7-6-18-34-24-13-15-25(16-14-24)36-29(32)22-9-11-23(12-10-22)33-17-5-4-8-26-20-21(2)28(31)37-26/h3,9-16,26H,1-2,4-8,17-20H2. The molecule has 0 saturated carbocycles. The van der Waals surface area contributed by atoms with Gasteiger partial charge < -0.3 is 23.7 Å². The van der Waals surface area contributed by atoms with Crippen LogP contribution in [-0.4, -0.2) is 43.8 Å². The summed E-state index contributed by atoms with van der Waals surface area (Å²) in [6, 6.07) is 13.6. The van der Waals surface area contributed by atoms with Gasteiger partial charge in [0.2, 0.25) is 0 Å². The number of benzene rings is 2. The Hall–Kier alpha value is -4.07. The average molecular weight is 509 g/mol. The topological polar surface area (TPSA) is 97.4 Å². The second-order valence-corrected chi connectivity index (χ2v) is 8.49. The normalized spacial score (nSPS) is 14.5. The molecule has 1 atom stereocenters. The number of cyclic esters (lactones) is 1. The van der Waals surface area contributed by atoms with Gasteiger partial charge in [0.15, 0.2) is 0 Å². The van der Waals surface area contributed by atoms with E-state index in [1.54, 1.807) is 48.5 Å². The zero-order valence-corrected chi connectivity index (χ0v) is 20.8. The molecule has 1 fully saturated rings. The third-order valence-corrected chi connectivity index (χ3v) is 5.57. The third-order valence-electron chi connectivity index (χ3n) is 5.57. The molecule has 0 bridgehead atoms. The summed E-state index contributed by atoms with van der Waals surface area (Å²) in [5.74, 6) is 0.532. The van der Waals surface area contributed by atoms with Crippen LogP contribution >= 0.6 is 0 Å². The van der Waals surface area contributed by atoms with Gasteiger partial charge in [0.1, 0.15) is 23.4 Å². The van der Waals surface area contributed by atoms with Gasteiger partial charge in [-0.05, 0) is 80.6 Å². The monoisotopic (exact) mass is 508 g/mol. The molecular formula is C29H32O8. The van der Waals surface area contributed by atoms with Gasteiger partial charge in [-0.25, -0.2) is 14.4 Å². The lowest BCUT2D eigenvalue weighted by molar-refractivity contribution is -0.139. The SMILES string of the molecule is C=CC(=O)OCCCCOc1ccc(OC(=O)c2ccc(OCCCCC3CC(=C)C(=O)O3)cc2)cc1. The molecule has 1 saturated heterocycles. The molecule has 2 aromatic rings. The lowest BCUT2D eigenvalue weighted by Gasteiger charge is -2.10. The summed E-state index contributed by atoms with van der Waals surface area (Å²) in [5.41, 5.74) is 0.952. The molecule has 0 aromatic heterocycles. The number of carbonyl (C=O) groups is 3. The number of rotatable bonds is 15. The number of carbonyl (C=O) groups excluding carboxylic acids is 3. The van der Waals surface area contributed by atoms with Gasteiger partial charge in [0, 0.05) is 18.1 Å². The van der Waals surface area contributed by atoms with Crippen LogP contribution in [0.15, 0.2) is 73.3 Å². The van der Waals surface area contributed by atoms with Crippen molar-refractivity contribution in [3.8, 4) is 17.2 Å². The van der Waals surface area contributed by atoms with E-state index >= 15 is 0 Å². The fourth-order valence-electron chi connectivity index (χ4n) is 3.54. The summed E-state index contributed by atoms with van der Waals surface area (Å²) in [6.07, 6.45) is 5.59. The molecule has 0 radical (unpaired) electrons. The Morgan fingerprint density at radius 1 is 0.865 bits per heavy atom. The molecule has 0 amide bonds. The summed E-state index contributed by atoms with van der Waals surface area (Å²) in [7, 11) is 0. The highest BCUT2D eigenvalue weighted by atomic mass is 16.6. The second kappa shape index (κ2) is 14.5.